The number of aliphatic hydroxyl groups is 1. The second-order valence-electron chi connectivity index (χ2n) is 5.10. The van der Waals surface area contributed by atoms with Crippen molar-refractivity contribution in [2.24, 2.45) is 0 Å². The van der Waals surface area contributed by atoms with E-state index in [1.54, 1.807) is 7.05 Å². The predicted octanol–water partition coefficient (Wildman–Crippen LogP) is 0.223. The number of halogens is 1. The Morgan fingerprint density at radius 2 is 2.14 bits per heavy atom. The molecule has 6 nitrogen and oxygen atoms in total. The summed E-state index contributed by atoms with van der Waals surface area (Å²) in [6.07, 6.45) is -0.430. The van der Waals surface area contributed by atoms with Crippen molar-refractivity contribution in [3.63, 3.8) is 0 Å². The second kappa shape index (κ2) is 7.33. The molecule has 1 heterocycles. The van der Waals surface area contributed by atoms with Crippen LogP contribution in [0, 0.1) is 5.82 Å². The number of nitrogens with one attached hydrogen (secondary N) is 1. The Balaban J connectivity index is 2.20. The first-order valence-corrected chi connectivity index (χ1v) is 7.06. The van der Waals surface area contributed by atoms with E-state index in [2.05, 4.69) is 5.32 Å². The highest BCUT2D eigenvalue weighted by atomic mass is 19.1. The number of morpholine rings is 1. The topological polar surface area (TPSA) is 78.9 Å². The second-order valence-corrected chi connectivity index (χ2v) is 5.10. The molecule has 1 saturated heterocycles. The lowest BCUT2D eigenvalue weighted by molar-refractivity contribution is -0.162. The van der Waals surface area contributed by atoms with E-state index in [9.17, 15) is 14.0 Å². The van der Waals surface area contributed by atoms with Gasteiger partial charge < -0.3 is 20.1 Å². The van der Waals surface area contributed by atoms with E-state index in [1.807, 2.05) is 0 Å². The number of benzene rings is 1. The average molecular weight is 310 g/mol. The molecule has 0 saturated carbocycles. The van der Waals surface area contributed by atoms with Crippen molar-refractivity contribution in [2.75, 3.05) is 26.8 Å². The molecule has 22 heavy (non-hydrogen) atoms. The van der Waals surface area contributed by atoms with E-state index in [0.29, 0.717) is 18.5 Å². The van der Waals surface area contributed by atoms with Gasteiger partial charge in [-0.2, -0.15) is 0 Å². The fraction of sp³-hybridized carbons (Fsp3) is 0.467. The minimum atomic E-state index is -0.869. The highest BCUT2D eigenvalue weighted by Crippen LogP contribution is 2.29. The molecule has 1 aromatic rings. The Hall–Kier alpha value is -1.99. The van der Waals surface area contributed by atoms with Gasteiger partial charge in [0, 0.05) is 20.2 Å². The summed E-state index contributed by atoms with van der Waals surface area (Å²) in [6.45, 7) is 0.126. The fourth-order valence-electron chi connectivity index (χ4n) is 2.38. The van der Waals surface area contributed by atoms with Gasteiger partial charge in [-0.3, -0.25) is 9.59 Å². The van der Waals surface area contributed by atoms with E-state index in [4.69, 9.17) is 9.84 Å². The molecular formula is C15H19FN2O4. The fourth-order valence-corrected chi connectivity index (χ4v) is 2.38. The zero-order valence-corrected chi connectivity index (χ0v) is 12.3. The highest BCUT2D eigenvalue weighted by Gasteiger charge is 2.39. The van der Waals surface area contributed by atoms with Crippen molar-refractivity contribution in [1.29, 1.82) is 0 Å². The van der Waals surface area contributed by atoms with E-state index in [-0.39, 0.29) is 25.0 Å². The first-order chi connectivity index (χ1) is 10.5. The van der Waals surface area contributed by atoms with Crippen LogP contribution in [0.4, 0.5) is 4.39 Å². The largest absolute Gasteiger partial charge is 0.396 e. The smallest absolute Gasteiger partial charge is 0.251 e. The van der Waals surface area contributed by atoms with Crippen LogP contribution in [0.25, 0.3) is 0 Å². The van der Waals surface area contributed by atoms with Gasteiger partial charge in [-0.25, -0.2) is 4.39 Å². The zero-order chi connectivity index (χ0) is 16.1. The zero-order valence-electron chi connectivity index (χ0n) is 12.3. The molecule has 0 radical (unpaired) electrons. The number of aliphatic hydroxyl groups excluding tert-OH is 1. The molecule has 0 aliphatic carbocycles. The van der Waals surface area contributed by atoms with E-state index in [1.165, 1.54) is 29.2 Å². The molecule has 2 rings (SSSR count). The third-order valence-corrected chi connectivity index (χ3v) is 3.59. The standard InChI is InChI=1S/C15H19FN2O4/c1-18-12(20)9-22-14(15(21)17-7-2-8-19)13(18)10-3-5-11(16)6-4-10/h3-6,13-14,19H,2,7-9H2,1H3,(H,17,21)/t13-,14+/m1/s1. The molecule has 1 fully saturated rings. The van der Waals surface area contributed by atoms with Crippen LogP contribution in [0.3, 0.4) is 0 Å². The van der Waals surface area contributed by atoms with Crippen LogP contribution in [0.15, 0.2) is 24.3 Å². The first-order valence-electron chi connectivity index (χ1n) is 7.06. The summed E-state index contributed by atoms with van der Waals surface area (Å²) in [4.78, 5) is 25.5. The Labute approximate surface area is 127 Å². The molecule has 0 spiro atoms. The average Bonchev–Trinajstić information content (AvgIpc) is 2.51. The first kappa shape index (κ1) is 16.4. The van der Waals surface area contributed by atoms with Crippen molar-refractivity contribution in [1.82, 2.24) is 10.2 Å². The van der Waals surface area contributed by atoms with Crippen molar-refractivity contribution in [3.05, 3.63) is 35.6 Å². The minimum absolute atomic E-state index is 0.0222. The number of hydrogen-bond donors (Lipinski definition) is 2. The van der Waals surface area contributed by atoms with Gasteiger partial charge in [0.1, 0.15) is 12.4 Å². The maximum absolute atomic E-state index is 13.1. The number of rotatable bonds is 5. The summed E-state index contributed by atoms with van der Waals surface area (Å²) in [5.74, 6) is -0.991. The van der Waals surface area contributed by atoms with Crippen LogP contribution in [0.5, 0.6) is 0 Å². The summed E-state index contributed by atoms with van der Waals surface area (Å²) in [5, 5.41) is 11.4. The number of nitrogens with zero attached hydrogens (tertiary/aromatic N) is 1. The maximum atomic E-state index is 13.1. The van der Waals surface area contributed by atoms with Crippen LogP contribution in [-0.2, 0) is 14.3 Å². The number of hydrogen-bond acceptors (Lipinski definition) is 4. The van der Waals surface area contributed by atoms with Gasteiger partial charge in [0.15, 0.2) is 6.10 Å². The molecule has 0 bridgehead atoms. The molecule has 7 heteroatoms. The van der Waals surface area contributed by atoms with Crippen LogP contribution >= 0.6 is 0 Å². The van der Waals surface area contributed by atoms with Gasteiger partial charge in [0.2, 0.25) is 5.91 Å². The molecule has 0 aromatic heterocycles. The van der Waals surface area contributed by atoms with Crippen molar-refractivity contribution in [3.8, 4) is 0 Å². The third-order valence-electron chi connectivity index (χ3n) is 3.59. The maximum Gasteiger partial charge on any atom is 0.251 e. The van der Waals surface area contributed by atoms with Gasteiger partial charge in [0.05, 0.1) is 6.04 Å². The summed E-state index contributed by atoms with van der Waals surface area (Å²) in [7, 11) is 1.59. The van der Waals surface area contributed by atoms with Gasteiger partial charge in [-0.15, -0.1) is 0 Å². The van der Waals surface area contributed by atoms with Gasteiger partial charge in [0.25, 0.3) is 5.91 Å². The molecule has 2 atom stereocenters. The molecular weight excluding hydrogens is 291 g/mol. The molecule has 1 aliphatic heterocycles. The monoisotopic (exact) mass is 310 g/mol. The van der Waals surface area contributed by atoms with Crippen molar-refractivity contribution < 1.29 is 23.8 Å². The Morgan fingerprint density at radius 1 is 1.45 bits per heavy atom. The van der Waals surface area contributed by atoms with E-state index < -0.39 is 18.0 Å². The summed E-state index contributed by atoms with van der Waals surface area (Å²) in [5.41, 5.74) is 0.624. The number of carbonyl (C=O) groups excluding carboxylic acids is 2. The Morgan fingerprint density at radius 3 is 2.77 bits per heavy atom. The Kier molecular flexibility index (Phi) is 5.46. The van der Waals surface area contributed by atoms with Crippen molar-refractivity contribution >= 4 is 11.8 Å². The van der Waals surface area contributed by atoms with Crippen LogP contribution in [0.2, 0.25) is 0 Å². The van der Waals surface area contributed by atoms with Gasteiger partial charge >= 0.3 is 0 Å². The van der Waals surface area contributed by atoms with Gasteiger partial charge in [-0.1, -0.05) is 12.1 Å². The van der Waals surface area contributed by atoms with Gasteiger partial charge in [-0.05, 0) is 24.1 Å². The van der Waals surface area contributed by atoms with E-state index >= 15 is 0 Å². The predicted molar refractivity (Wildman–Crippen MR) is 76.4 cm³/mol. The molecule has 120 valence electrons. The SMILES string of the molecule is CN1C(=O)CO[C@H](C(=O)NCCCO)[C@H]1c1ccc(F)cc1. The van der Waals surface area contributed by atoms with Crippen LogP contribution in [-0.4, -0.2) is 54.7 Å². The lowest BCUT2D eigenvalue weighted by Gasteiger charge is -2.38. The molecule has 1 aromatic carbocycles. The Bertz CT molecular complexity index is 535. The number of carbonyl (C=O) groups is 2. The number of amides is 2. The summed E-state index contributed by atoms with van der Waals surface area (Å²) >= 11 is 0. The lowest BCUT2D eigenvalue weighted by Crippen LogP contribution is -2.53. The number of ether oxygens (including phenoxy) is 1. The molecule has 2 amide bonds. The molecule has 0 unspecified atom stereocenters. The number of likely N-dealkylation sites (N-methyl/N-ethyl adjacent to an activating group) is 1. The van der Waals surface area contributed by atoms with Crippen molar-refractivity contribution in [2.45, 2.75) is 18.6 Å². The van der Waals surface area contributed by atoms with E-state index in [0.717, 1.165) is 0 Å². The normalized spacial score (nSPS) is 21.8. The summed E-state index contributed by atoms with van der Waals surface area (Å²) < 4.78 is 18.5. The highest BCUT2D eigenvalue weighted by molar-refractivity contribution is 5.86. The van der Waals surface area contributed by atoms with Crippen LogP contribution < -0.4 is 5.32 Å². The summed E-state index contributed by atoms with van der Waals surface area (Å²) in [6, 6.07) is 5.02. The van der Waals surface area contributed by atoms with Crippen LogP contribution in [0.1, 0.15) is 18.0 Å². The lowest BCUT2D eigenvalue weighted by atomic mass is 9.97. The third kappa shape index (κ3) is 3.61. The minimum Gasteiger partial charge on any atom is -0.396 e. The quantitative estimate of drug-likeness (QED) is 0.763. The molecule has 1 aliphatic rings. The molecule has 2 N–H and O–H groups in total.